The standard InChI is InChI=1S/C16H26N2O2S/c1-3-12(4-2)16(17)11-18-21(19,20)15-9-8-13-6-5-7-14(13)10-15/h8-10,12,16,18H,3-7,11,17H2,1-2H3. The number of sulfonamides is 1. The summed E-state index contributed by atoms with van der Waals surface area (Å²) in [5.74, 6) is 0.354. The molecule has 3 N–H and O–H groups in total. The van der Waals surface area contributed by atoms with Crippen LogP contribution < -0.4 is 10.5 Å². The number of hydrogen-bond acceptors (Lipinski definition) is 3. The second-order valence-electron chi connectivity index (χ2n) is 5.88. The van der Waals surface area contributed by atoms with E-state index < -0.39 is 10.0 Å². The Morgan fingerprint density at radius 1 is 1.19 bits per heavy atom. The van der Waals surface area contributed by atoms with Crippen molar-refractivity contribution < 1.29 is 8.42 Å². The molecule has 0 spiro atoms. The van der Waals surface area contributed by atoms with Crippen molar-refractivity contribution in [2.75, 3.05) is 6.54 Å². The number of nitrogens with one attached hydrogen (secondary N) is 1. The van der Waals surface area contributed by atoms with Gasteiger partial charge >= 0.3 is 0 Å². The first-order valence-electron chi connectivity index (χ1n) is 7.85. The molecule has 118 valence electrons. The normalized spacial score (nSPS) is 16.2. The van der Waals surface area contributed by atoms with Gasteiger partial charge in [-0.25, -0.2) is 13.1 Å². The van der Waals surface area contributed by atoms with Crippen molar-refractivity contribution in [2.24, 2.45) is 11.7 Å². The van der Waals surface area contributed by atoms with Gasteiger partial charge in [0.2, 0.25) is 10.0 Å². The molecule has 5 heteroatoms. The van der Waals surface area contributed by atoms with E-state index in [0.717, 1.165) is 32.1 Å². The minimum atomic E-state index is -3.46. The summed E-state index contributed by atoms with van der Waals surface area (Å²) in [5.41, 5.74) is 8.54. The van der Waals surface area contributed by atoms with Gasteiger partial charge in [-0.15, -0.1) is 0 Å². The molecular weight excluding hydrogens is 284 g/mol. The summed E-state index contributed by atoms with van der Waals surface area (Å²) in [6.07, 6.45) is 5.09. The third kappa shape index (κ3) is 3.84. The zero-order chi connectivity index (χ0) is 15.5. The lowest BCUT2D eigenvalue weighted by Crippen LogP contribution is -2.41. The third-order valence-electron chi connectivity index (χ3n) is 4.54. The Morgan fingerprint density at radius 2 is 1.86 bits per heavy atom. The molecule has 0 heterocycles. The van der Waals surface area contributed by atoms with Crippen molar-refractivity contribution in [2.45, 2.75) is 56.9 Å². The molecule has 0 bridgehead atoms. The predicted molar refractivity (Wildman–Crippen MR) is 85.7 cm³/mol. The molecule has 1 aliphatic rings. The van der Waals surface area contributed by atoms with E-state index in [4.69, 9.17) is 5.73 Å². The van der Waals surface area contributed by atoms with Crippen LogP contribution in [0.2, 0.25) is 0 Å². The molecule has 0 saturated heterocycles. The van der Waals surface area contributed by atoms with Crippen molar-refractivity contribution >= 4 is 10.0 Å². The van der Waals surface area contributed by atoms with E-state index in [9.17, 15) is 8.42 Å². The number of fused-ring (bicyclic) bond motifs is 1. The number of nitrogens with two attached hydrogens (primary N) is 1. The topological polar surface area (TPSA) is 72.2 Å². The lowest BCUT2D eigenvalue weighted by atomic mass is 9.95. The second-order valence-corrected chi connectivity index (χ2v) is 7.64. The summed E-state index contributed by atoms with van der Waals surface area (Å²) in [7, 11) is -3.46. The second kappa shape index (κ2) is 6.90. The fourth-order valence-electron chi connectivity index (χ4n) is 3.07. The van der Waals surface area contributed by atoms with E-state index >= 15 is 0 Å². The van der Waals surface area contributed by atoms with Crippen LogP contribution in [0.4, 0.5) is 0 Å². The van der Waals surface area contributed by atoms with Crippen LogP contribution in [0.25, 0.3) is 0 Å². The molecule has 1 atom stereocenters. The van der Waals surface area contributed by atoms with Crippen LogP contribution in [0.15, 0.2) is 23.1 Å². The van der Waals surface area contributed by atoms with Gasteiger partial charge in [-0.05, 0) is 48.4 Å². The first-order valence-corrected chi connectivity index (χ1v) is 9.33. The van der Waals surface area contributed by atoms with Crippen LogP contribution in [0, 0.1) is 5.92 Å². The Labute approximate surface area is 128 Å². The van der Waals surface area contributed by atoms with Gasteiger partial charge < -0.3 is 5.73 Å². The van der Waals surface area contributed by atoms with Crippen LogP contribution in [-0.2, 0) is 22.9 Å². The van der Waals surface area contributed by atoms with Gasteiger partial charge in [-0.3, -0.25) is 0 Å². The predicted octanol–water partition coefficient (Wildman–Crippen LogP) is 2.22. The molecule has 1 aromatic rings. The molecule has 0 amide bonds. The minimum Gasteiger partial charge on any atom is -0.326 e. The Morgan fingerprint density at radius 3 is 2.52 bits per heavy atom. The first kappa shape index (κ1) is 16.5. The molecule has 1 unspecified atom stereocenters. The highest BCUT2D eigenvalue weighted by Crippen LogP contribution is 2.24. The maximum atomic E-state index is 12.4. The van der Waals surface area contributed by atoms with Crippen LogP contribution in [0.5, 0.6) is 0 Å². The van der Waals surface area contributed by atoms with Crippen molar-refractivity contribution in [3.05, 3.63) is 29.3 Å². The fourth-order valence-corrected chi connectivity index (χ4v) is 4.19. The third-order valence-corrected chi connectivity index (χ3v) is 5.96. The molecule has 1 aliphatic carbocycles. The highest BCUT2D eigenvalue weighted by Gasteiger charge is 2.21. The van der Waals surface area contributed by atoms with Crippen LogP contribution in [0.3, 0.4) is 0 Å². The van der Waals surface area contributed by atoms with Gasteiger partial charge in [-0.2, -0.15) is 0 Å². The fraction of sp³-hybridized carbons (Fsp3) is 0.625. The Kier molecular flexibility index (Phi) is 5.41. The number of aryl methyl sites for hydroxylation is 2. The average Bonchev–Trinajstić information content (AvgIpc) is 2.94. The molecule has 0 saturated carbocycles. The van der Waals surface area contributed by atoms with E-state index in [1.165, 1.54) is 11.1 Å². The van der Waals surface area contributed by atoms with Gasteiger partial charge in [-0.1, -0.05) is 32.8 Å². The van der Waals surface area contributed by atoms with Gasteiger partial charge in [0, 0.05) is 12.6 Å². The quantitative estimate of drug-likeness (QED) is 0.811. The highest BCUT2D eigenvalue weighted by atomic mass is 32.2. The number of benzene rings is 1. The smallest absolute Gasteiger partial charge is 0.240 e. The molecule has 0 radical (unpaired) electrons. The van der Waals surface area contributed by atoms with Crippen molar-refractivity contribution in [3.63, 3.8) is 0 Å². The maximum absolute atomic E-state index is 12.4. The SMILES string of the molecule is CCC(CC)C(N)CNS(=O)(=O)c1ccc2c(c1)CCC2. The molecule has 0 aromatic heterocycles. The monoisotopic (exact) mass is 310 g/mol. The Balaban J connectivity index is 2.05. The summed E-state index contributed by atoms with van der Waals surface area (Å²) in [5, 5.41) is 0. The molecule has 0 aliphatic heterocycles. The summed E-state index contributed by atoms with van der Waals surface area (Å²) in [4.78, 5) is 0.361. The van der Waals surface area contributed by atoms with E-state index in [0.29, 0.717) is 17.4 Å². The zero-order valence-corrected chi connectivity index (χ0v) is 13.7. The van der Waals surface area contributed by atoms with E-state index in [2.05, 4.69) is 18.6 Å². The molecule has 2 rings (SSSR count). The molecule has 21 heavy (non-hydrogen) atoms. The Bertz CT molecular complexity index is 580. The number of hydrogen-bond donors (Lipinski definition) is 2. The summed E-state index contributed by atoms with van der Waals surface area (Å²) >= 11 is 0. The maximum Gasteiger partial charge on any atom is 0.240 e. The summed E-state index contributed by atoms with van der Waals surface area (Å²) in [6, 6.07) is 5.32. The lowest BCUT2D eigenvalue weighted by Gasteiger charge is -2.21. The zero-order valence-electron chi connectivity index (χ0n) is 12.9. The van der Waals surface area contributed by atoms with Gasteiger partial charge in [0.05, 0.1) is 4.90 Å². The van der Waals surface area contributed by atoms with Crippen LogP contribution >= 0.6 is 0 Å². The van der Waals surface area contributed by atoms with Crippen molar-refractivity contribution in [1.82, 2.24) is 4.72 Å². The van der Waals surface area contributed by atoms with E-state index in [-0.39, 0.29) is 6.04 Å². The average molecular weight is 310 g/mol. The molecule has 4 nitrogen and oxygen atoms in total. The van der Waals surface area contributed by atoms with Crippen molar-refractivity contribution in [3.8, 4) is 0 Å². The minimum absolute atomic E-state index is 0.135. The molecular formula is C16H26N2O2S. The lowest BCUT2D eigenvalue weighted by molar-refractivity contribution is 0.392. The summed E-state index contributed by atoms with van der Waals surface area (Å²) < 4.78 is 27.4. The molecule has 0 fully saturated rings. The highest BCUT2D eigenvalue weighted by molar-refractivity contribution is 7.89. The number of rotatable bonds is 7. The van der Waals surface area contributed by atoms with Crippen molar-refractivity contribution in [1.29, 1.82) is 0 Å². The Hall–Kier alpha value is -0.910. The van der Waals surface area contributed by atoms with Gasteiger partial charge in [0.15, 0.2) is 0 Å². The van der Waals surface area contributed by atoms with E-state index in [1.807, 2.05) is 12.1 Å². The summed E-state index contributed by atoms with van der Waals surface area (Å²) in [6.45, 7) is 4.47. The molecule has 1 aromatic carbocycles. The van der Waals surface area contributed by atoms with Gasteiger partial charge in [0.25, 0.3) is 0 Å². The van der Waals surface area contributed by atoms with Crippen LogP contribution in [0.1, 0.15) is 44.2 Å². The van der Waals surface area contributed by atoms with E-state index in [1.54, 1.807) is 6.07 Å². The first-order chi connectivity index (χ1) is 9.97. The largest absolute Gasteiger partial charge is 0.326 e. The van der Waals surface area contributed by atoms with Gasteiger partial charge in [0.1, 0.15) is 0 Å². The van der Waals surface area contributed by atoms with Crippen LogP contribution in [-0.4, -0.2) is 21.0 Å².